The predicted molar refractivity (Wildman–Crippen MR) is 96.6 cm³/mol. The summed E-state index contributed by atoms with van der Waals surface area (Å²) >= 11 is 0. The Labute approximate surface area is 138 Å². The van der Waals surface area contributed by atoms with Crippen LogP contribution in [0, 0.1) is 0 Å². The Balaban J connectivity index is 2.00. The molecule has 0 unspecified atom stereocenters. The monoisotopic (exact) mass is 314 g/mol. The smallest absolute Gasteiger partial charge is 0.307 e. The highest BCUT2D eigenvalue weighted by Crippen LogP contribution is 2.19. The number of carbonyl (C=O) groups excluding carboxylic acids is 1. The van der Waals surface area contributed by atoms with Gasteiger partial charge in [-0.3, -0.25) is 9.36 Å². The summed E-state index contributed by atoms with van der Waals surface area (Å²) in [5.74, 6) is 0. The molecule has 0 spiro atoms. The lowest BCUT2D eigenvalue weighted by Crippen LogP contribution is -2.23. The number of pyridine rings is 1. The first-order chi connectivity index (χ1) is 11.8. The van der Waals surface area contributed by atoms with Gasteiger partial charge in [0.05, 0.1) is 11.0 Å². The second kappa shape index (κ2) is 5.66. The standard InChI is InChI=1S/C20H14N2O2/c23-19-15-10-4-6-12-17(15)22(18-13-7-5-11-16(18)19)20(24)21-14-8-2-1-3-9-14/h1-13H,(H,21,24). The molecule has 0 fully saturated rings. The lowest BCUT2D eigenvalue weighted by molar-refractivity contribution is 0.255. The van der Waals surface area contributed by atoms with Crippen molar-refractivity contribution in [1.29, 1.82) is 0 Å². The van der Waals surface area contributed by atoms with Crippen LogP contribution in [0.2, 0.25) is 0 Å². The summed E-state index contributed by atoms with van der Waals surface area (Å²) in [4.78, 5) is 25.6. The molecule has 0 bridgehead atoms. The first-order valence-corrected chi connectivity index (χ1v) is 7.64. The van der Waals surface area contributed by atoms with Gasteiger partial charge in [-0.25, -0.2) is 4.79 Å². The highest BCUT2D eigenvalue weighted by atomic mass is 16.2. The molecule has 0 aliphatic rings. The molecule has 1 aromatic heterocycles. The third kappa shape index (κ3) is 2.25. The molecule has 4 rings (SSSR count). The maximum Gasteiger partial charge on any atom is 0.330 e. The molecule has 1 N–H and O–H groups in total. The zero-order valence-electron chi connectivity index (χ0n) is 12.8. The van der Waals surface area contributed by atoms with E-state index in [0.717, 1.165) is 0 Å². The molecular weight excluding hydrogens is 300 g/mol. The molecule has 1 amide bonds. The summed E-state index contributed by atoms with van der Waals surface area (Å²) in [6.07, 6.45) is 0. The van der Waals surface area contributed by atoms with E-state index in [1.54, 1.807) is 41.0 Å². The van der Waals surface area contributed by atoms with Crippen LogP contribution in [0.15, 0.2) is 83.7 Å². The molecule has 4 nitrogen and oxygen atoms in total. The summed E-state index contributed by atoms with van der Waals surface area (Å²) in [6, 6.07) is 23.3. The van der Waals surface area contributed by atoms with Gasteiger partial charge in [0.25, 0.3) is 0 Å². The van der Waals surface area contributed by atoms with Crippen LogP contribution in [0.3, 0.4) is 0 Å². The zero-order chi connectivity index (χ0) is 16.5. The van der Waals surface area contributed by atoms with Crippen LogP contribution in [0.1, 0.15) is 0 Å². The average Bonchev–Trinajstić information content (AvgIpc) is 2.63. The highest BCUT2D eigenvalue weighted by Gasteiger charge is 2.15. The topological polar surface area (TPSA) is 51.1 Å². The van der Waals surface area contributed by atoms with E-state index in [1.807, 2.05) is 42.5 Å². The molecule has 0 aliphatic heterocycles. The molecule has 0 saturated carbocycles. The fourth-order valence-corrected chi connectivity index (χ4v) is 2.92. The van der Waals surface area contributed by atoms with Crippen molar-refractivity contribution in [3.05, 3.63) is 89.1 Å². The third-order valence-electron chi connectivity index (χ3n) is 4.01. The molecule has 0 atom stereocenters. The summed E-state index contributed by atoms with van der Waals surface area (Å²) in [7, 11) is 0. The minimum atomic E-state index is -0.298. The van der Waals surface area contributed by atoms with E-state index >= 15 is 0 Å². The van der Waals surface area contributed by atoms with E-state index in [9.17, 15) is 9.59 Å². The van der Waals surface area contributed by atoms with Gasteiger partial charge in [-0.2, -0.15) is 0 Å². The van der Waals surface area contributed by atoms with Crippen LogP contribution >= 0.6 is 0 Å². The maximum atomic E-state index is 12.9. The number of carbonyl (C=O) groups is 1. The summed E-state index contributed by atoms with van der Waals surface area (Å²) in [6.45, 7) is 0. The van der Waals surface area contributed by atoms with Crippen LogP contribution in [0.25, 0.3) is 21.8 Å². The van der Waals surface area contributed by atoms with E-state index < -0.39 is 0 Å². The summed E-state index contributed by atoms with van der Waals surface area (Å²) in [5.41, 5.74) is 1.82. The Morgan fingerprint density at radius 3 is 1.79 bits per heavy atom. The van der Waals surface area contributed by atoms with Crippen molar-refractivity contribution in [3.8, 4) is 0 Å². The molecule has 4 aromatic rings. The highest BCUT2D eigenvalue weighted by molar-refractivity contribution is 6.05. The van der Waals surface area contributed by atoms with Gasteiger partial charge in [0.1, 0.15) is 0 Å². The Hall–Kier alpha value is -3.40. The Bertz CT molecular complexity index is 1050. The number of anilines is 1. The predicted octanol–water partition coefficient (Wildman–Crippen LogP) is 4.23. The van der Waals surface area contributed by atoms with Crippen LogP contribution in [0.5, 0.6) is 0 Å². The van der Waals surface area contributed by atoms with Gasteiger partial charge in [-0.05, 0) is 36.4 Å². The molecule has 0 saturated heterocycles. The van der Waals surface area contributed by atoms with Gasteiger partial charge in [0, 0.05) is 16.5 Å². The number of amides is 1. The average molecular weight is 314 g/mol. The van der Waals surface area contributed by atoms with Crippen LogP contribution in [-0.2, 0) is 0 Å². The number of benzene rings is 3. The fraction of sp³-hybridized carbons (Fsp3) is 0. The van der Waals surface area contributed by atoms with E-state index in [2.05, 4.69) is 5.32 Å². The van der Waals surface area contributed by atoms with Gasteiger partial charge in [-0.15, -0.1) is 0 Å². The second-order valence-electron chi connectivity index (χ2n) is 5.50. The van der Waals surface area contributed by atoms with Gasteiger partial charge in [0.15, 0.2) is 5.43 Å². The number of fused-ring (bicyclic) bond motifs is 2. The Kier molecular flexibility index (Phi) is 3.35. The number of nitrogens with zero attached hydrogens (tertiary/aromatic N) is 1. The number of rotatable bonds is 1. The molecule has 1 heterocycles. The lowest BCUT2D eigenvalue weighted by Gasteiger charge is -2.14. The van der Waals surface area contributed by atoms with Crippen molar-refractivity contribution in [1.82, 2.24) is 4.57 Å². The van der Waals surface area contributed by atoms with Gasteiger partial charge >= 0.3 is 6.03 Å². The van der Waals surface area contributed by atoms with Gasteiger partial charge in [-0.1, -0.05) is 42.5 Å². The van der Waals surface area contributed by atoms with Crippen LogP contribution < -0.4 is 10.7 Å². The number of nitrogens with one attached hydrogen (secondary N) is 1. The minimum absolute atomic E-state index is 0.0649. The molecule has 0 aliphatic carbocycles. The second-order valence-corrected chi connectivity index (χ2v) is 5.50. The fourth-order valence-electron chi connectivity index (χ4n) is 2.92. The SMILES string of the molecule is O=C(Nc1ccccc1)n1c2ccccc2c(=O)c2ccccc21. The summed E-state index contributed by atoms with van der Waals surface area (Å²) in [5, 5.41) is 3.94. The summed E-state index contributed by atoms with van der Waals surface area (Å²) < 4.78 is 1.55. The molecule has 3 aromatic carbocycles. The normalized spacial score (nSPS) is 10.8. The molecule has 24 heavy (non-hydrogen) atoms. The minimum Gasteiger partial charge on any atom is -0.307 e. The van der Waals surface area contributed by atoms with E-state index in [-0.39, 0.29) is 11.5 Å². The molecular formula is C20H14N2O2. The van der Waals surface area contributed by atoms with Crippen LogP contribution in [0.4, 0.5) is 10.5 Å². The van der Waals surface area contributed by atoms with Crippen molar-refractivity contribution in [2.24, 2.45) is 0 Å². The van der Waals surface area contributed by atoms with E-state index in [0.29, 0.717) is 27.5 Å². The third-order valence-corrected chi connectivity index (χ3v) is 4.01. The Morgan fingerprint density at radius 2 is 1.21 bits per heavy atom. The van der Waals surface area contributed by atoms with Crippen LogP contribution in [-0.4, -0.2) is 10.6 Å². The van der Waals surface area contributed by atoms with Gasteiger partial charge in [0.2, 0.25) is 0 Å². The Morgan fingerprint density at radius 1 is 0.708 bits per heavy atom. The first kappa shape index (κ1) is 14.2. The largest absolute Gasteiger partial charge is 0.330 e. The quantitative estimate of drug-likeness (QED) is 0.534. The van der Waals surface area contributed by atoms with E-state index in [1.165, 1.54) is 0 Å². The number of hydrogen-bond donors (Lipinski definition) is 1. The van der Waals surface area contributed by atoms with Crippen molar-refractivity contribution >= 4 is 33.5 Å². The van der Waals surface area contributed by atoms with E-state index in [4.69, 9.17) is 0 Å². The molecule has 116 valence electrons. The number of hydrogen-bond acceptors (Lipinski definition) is 2. The first-order valence-electron chi connectivity index (χ1n) is 7.64. The van der Waals surface area contributed by atoms with Gasteiger partial charge < -0.3 is 5.32 Å². The van der Waals surface area contributed by atoms with Crippen molar-refractivity contribution in [2.45, 2.75) is 0 Å². The van der Waals surface area contributed by atoms with Crippen molar-refractivity contribution in [3.63, 3.8) is 0 Å². The molecule has 4 heteroatoms. The maximum absolute atomic E-state index is 12.9. The van der Waals surface area contributed by atoms with Crippen molar-refractivity contribution < 1.29 is 4.79 Å². The molecule has 0 radical (unpaired) electrons. The number of aromatic nitrogens is 1. The lowest BCUT2D eigenvalue weighted by atomic mass is 10.1. The van der Waals surface area contributed by atoms with Crippen molar-refractivity contribution in [2.75, 3.05) is 5.32 Å². The zero-order valence-corrected chi connectivity index (χ0v) is 12.8. The number of para-hydroxylation sites is 3.